The van der Waals surface area contributed by atoms with Crippen LogP contribution in [0.2, 0.25) is 5.02 Å². The molecule has 0 fully saturated rings. The fourth-order valence-electron chi connectivity index (χ4n) is 1.69. The van der Waals surface area contributed by atoms with E-state index in [2.05, 4.69) is 17.2 Å². The first kappa shape index (κ1) is 13.8. The number of benzene rings is 1. The average Bonchev–Trinajstić information content (AvgIpc) is 2.43. The highest BCUT2D eigenvalue weighted by atomic mass is 35.5. The van der Waals surface area contributed by atoms with Crippen molar-refractivity contribution >= 4 is 11.6 Å². The Labute approximate surface area is 118 Å². The van der Waals surface area contributed by atoms with Gasteiger partial charge in [0.15, 0.2) is 0 Å². The van der Waals surface area contributed by atoms with Gasteiger partial charge < -0.3 is 10.1 Å². The number of pyridine rings is 1. The summed E-state index contributed by atoms with van der Waals surface area (Å²) in [6, 6.07) is 11.6. The Morgan fingerprint density at radius 2 is 2.11 bits per heavy atom. The lowest BCUT2D eigenvalue weighted by molar-refractivity contribution is 0.293. The Hall–Kier alpha value is -1.58. The van der Waals surface area contributed by atoms with Gasteiger partial charge in [-0.3, -0.25) is 0 Å². The van der Waals surface area contributed by atoms with E-state index in [1.807, 2.05) is 36.4 Å². The third-order valence-electron chi connectivity index (χ3n) is 2.65. The van der Waals surface area contributed by atoms with Crippen LogP contribution in [0.5, 0.6) is 5.88 Å². The molecule has 3 nitrogen and oxygen atoms in total. The van der Waals surface area contributed by atoms with Crippen molar-refractivity contribution < 1.29 is 4.74 Å². The van der Waals surface area contributed by atoms with E-state index < -0.39 is 0 Å². The normalized spacial score (nSPS) is 10.4. The molecule has 2 rings (SSSR count). The molecule has 1 N–H and O–H groups in total. The highest BCUT2D eigenvalue weighted by Gasteiger charge is 2.00. The van der Waals surface area contributed by atoms with Crippen molar-refractivity contribution in [1.82, 2.24) is 10.3 Å². The molecule has 1 heterocycles. The zero-order chi connectivity index (χ0) is 13.5. The summed E-state index contributed by atoms with van der Waals surface area (Å²) in [6.07, 6.45) is 1.76. The number of hydrogen-bond acceptors (Lipinski definition) is 3. The zero-order valence-electron chi connectivity index (χ0n) is 10.9. The highest BCUT2D eigenvalue weighted by Crippen LogP contribution is 2.14. The predicted molar refractivity (Wildman–Crippen MR) is 77.4 cm³/mol. The van der Waals surface area contributed by atoms with Gasteiger partial charge in [0, 0.05) is 23.8 Å². The lowest BCUT2D eigenvalue weighted by Crippen LogP contribution is -2.11. The van der Waals surface area contributed by atoms with Gasteiger partial charge in [0.05, 0.1) is 0 Å². The largest absolute Gasteiger partial charge is 0.473 e. The summed E-state index contributed by atoms with van der Waals surface area (Å²) >= 11 is 5.93. The molecule has 19 heavy (non-hydrogen) atoms. The molecule has 0 unspecified atom stereocenters. The molecular formula is C15H17ClN2O. The van der Waals surface area contributed by atoms with Crippen molar-refractivity contribution in [3.8, 4) is 5.88 Å². The van der Waals surface area contributed by atoms with Crippen LogP contribution in [-0.4, -0.2) is 11.5 Å². The minimum absolute atomic E-state index is 0.470. The second kappa shape index (κ2) is 7.12. The standard InChI is InChI=1S/C15H17ClN2O/c1-2-17-10-12-6-7-18-15(9-12)19-11-13-4-3-5-14(16)8-13/h3-9,17H,2,10-11H2,1H3. The Kier molecular flexibility index (Phi) is 5.19. The molecule has 0 aliphatic heterocycles. The number of rotatable bonds is 6. The molecule has 0 aliphatic rings. The molecule has 4 heteroatoms. The summed E-state index contributed by atoms with van der Waals surface area (Å²) in [7, 11) is 0. The van der Waals surface area contributed by atoms with Crippen LogP contribution in [0.3, 0.4) is 0 Å². The van der Waals surface area contributed by atoms with Crippen LogP contribution in [0.25, 0.3) is 0 Å². The average molecular weight is 277 g/mol. The molecule has 0 bridgehead atoms. The third kappa shape index (κ3) is 4.54. The van der Waals surface area contributed by atoms with Crippen LogP contribution >= 0.6 is 11.6 Å². The molecule has 0 atom stereocenters. The fraction of sp³-hybridized carbons (Fsp3) is 0.267. The Morgan fingerprint density at radius 3 is 2.89 bits per heavy atom. The molecule has 0 saturated carbocycles. The Balaban J connectivity index is 1.95. The van der Waals surface area contributed by atoms with Crippen molar-refractivity contribution in [1.29, 1.82) is 0 Å². The first-order valence-corrected chi connectivity index (χ1v) is 6.68. The predicted octanol–water partition coefficient (Wildman–Crippen LogP) is 3.42. The Morgan fingerprint density at radius 1 is 1.21 bits per heavy atom. The lowest BCUT2D eigenvalue weighted by atomic mass is 10.2. The van der Waals surface area contributed by atoms with Gasteiger partial charge in [-0.1, -0.05) is 30.7 Å². The molecular weight excluding hydrogens is 260 g/mol. The quantitative estimate of drug-likeness (QED) is 0.878. The van der Waals surface area contributed by atoms with E-state index in [-0.39, 0.29) is 0 Å². The fourth-order valence-corrected chi connectivity index (χ4v) is 1.91. The van der Waals surface area contributed by atoms with Crippen molar-refractivity contribution in [2.45, 2.75) is 20.1 Å². The number of nitrogens with zero attached hydrogens (tertiary/aromatic N) is 1. The molecule has 100 valence electrons. The van der Waals surface area contributed by atoms with E-state index in [0.29, 0.717) is 12.5 Å². The smallest absolute Gasteiger partial charge is 0.213 e. The molecule has 0 amide bonds. The molecule has 2 aromatic rings. The van der Waals surface area contributed by atoms with Gasteiger partial charge in [-0.2, -0.15) is 0 Å². The summed E-state index contributed by atoms with van der Waals surface area (Å²) in [5, 5.41) is 3.99. The monoisotopic (exact) mass is 276 g/mol. The summed E-state index contributed by atoms with van der Waals surface area (Å²) in [5.74, 6) is 0.635. The minimum atomic E-state index is 0.470. The molecule has 1 aromatic carbocycles. The number of ether oxygens (including phenoxy) is 1. The molecule has 0 aliphatic carbocycles. The summed E-state index contributed by atoms with van der Waals surface area (Å²) in [6.45, 7) is 4.32. The van der Waals surface area contributed by atoms with Gasteiger partial charge in [0.2, 0.25) is 5.88 Å². The van der Waals surface area contributed by atoms with Gasteiger partial charge in [0.1, 0.15) is 6.61 Å². The van der Waals surface area contributed by atoms with Crippen LogP contribution in [0.1, 0.15) is 18.1 Å². The first-order valence-electron chi connectivity index (χ1n) is 6.31. The zero-order valence-corrected chi connectivity index (χ0v) is 11.7. The van der Waals surface area contributed by atoms with Gasteiger partial charge in [0.25, 0.3) is 0 Å². The molecule has 0 spiro atoms. The van der Waals surface area contributed by atoms with Gasteiger partial charge >= 0.3 is 0 Å². The SMILES string of the molecule is CCNCc1ccnc(OCc2cccc(Cl)c2)c1. The van der Waals surface area contributed by atoms with Gasteiger partial charge in [-0.05, 0) is 35.9 Å². The number of hydrogen-bond donors (Lipinski definition) is 1. The molecule has 0 radical (unpaired) electrons. The van der Waals surface area contributed by atoms with Crippen LogP contribution in [0, 0.1) is 0 Å². The maximum atomic E-state index is 5.93. The second-order valence-corrected chi connectivity index (χ2v) is 4.64. The van der Waals surface area contributed by atoms with E-state index in [9.17, 15) is 0 Å². The summed E-state index contributed by atoms with van der Waals surface area (Å²) < 4.78 is 5.67. The topological polar surface area (TPSA) is 34.2 Å². The number of halogens is 1. The maximum absolute atomic E-state index is 5.93. The number of nitrogens with one attached hydrogen (secondary N) is 1. The highest BCUT2D eigenvalue weighted by molar-refractivity contribution is 6.30. The Bertz CT molecular complexity index is 531. The van der Waals surface area contributed by atoms with Crippen molar-refractivity contribution in [3.63, 3.8) is 0 Å². The molecule has 0 saturated heterocycles. The first-order chi connectivity index (χ1) is 9.28. The van der Waals surface area contributed by atoms with E-state index in [4.69, 9.17) is 16.3 Å². The van der Waals surface area contributed by atoms with Gasteiger partial charge in [-0.15, -0.1) is 0 Å². The van der Waals surface area contributed by atoms with E-state index >= 15 is 0 Å². The van der Waals surface area contributed by atoms with Crippen LogP contribution in [0.4, 0.5) is 0 Å². The van der Waals surface area contributed by atoms with Crippen LogP contribution in [0.15, 0.2) is 42.6 Å². The second-order valence-electron chi connectivity index (χ2n) is 4.20. The van der Waals surface area contributed by atoms with E-state index in [1.165, 1.54) is 0 Å². The lowest BCUT2D eigenvalue weighted by Gasteiger charge is -2.07. The van der Waals surface area contributed by atoms with E-state index in [1.54, 1.807) is 6.20 Å². The van der Waals surface area contributed by atoms with Crippen molar-refractivity contribution in [2.24, 2.45) is 0 Å². The van der Waals surface area contributed by atoms with E-state index in [0.717, 1.165) is 29.2 Å². The van der Waals surface area contributed by atoms with Crippen LogP contribution < -0.4 is 10.1 Å². The summed E-state index contributed by atoms with van der Waals surface area (Å²) in [5.41, 5.74) is 2.20. The van der Waals surface area contributed by atoms with Crippen molar-refractivity contribution in [2.75, 3.05) is 6.54 Å². The van der Waals surface area contributed by atoms with Gasteiger partial charge in [-0.25, -0.2) is 4.98 Å². The molecule has 1 aromatic heterocycles. The summed E-state index contributed by atoms with van der Waals surface area (Å²) in [4.78, 5) is 4.20. The number of aromatic nitrogens is 1. The maximum Gasteiger partial charge on any atom is 0.213 e. The van der Waals surface area contributed by atoms with Crippen molar-refractivity contribution in [3.05, 3.63) is 58.7 Å². The van der Waals surface area contributed by atoms with Crippen LogP contribution in [-0.2, 0) is 13.2 Å². The minimum Gasteiger partial charge on any atom is -0.473 e. The third-order valence-corrected chi connectivity index (χ3v) is 2.89.